The van der Waals surface area contributed by atoms with Gasteiger partial charge in [0, 0.05) is 64.2 Å². The minimum Gasteiger partial charge on any atom is -0.357 e. The van der Waals surface area contributed by atoms with Crippen LogP contribution in [-0.4, -0.2) is 90.5 Å². The molecule has 1 aromatic heterocycles. The maximum Gasteiger partial charge on any atom is 0.434 e. The van der Waals surface area contributed by atoms with Gasteiger partial charge >= 0.3 is 6.18 Å². The maximum absolute atomic E-state index is 12.7. The third kappa shape index (κ3) is 7.74. The van der Waals surface area contributed by atoms with Gasteiger partial charge in [-0.25, -0.2) is 4.98 Å². The summed E-state index contributed by atoms with van der Waals surface area (Å²) in [6.45, 7) is 8.37. The van der Waals surface area contributed by atoms with Crippen LogP contribution in [0.1, 0.15) is 30.5 Å². The zero-order valence-corrected chi connectivity index (χ0v) is 20.8. The summed E-state index contributed by atoms with van der Waals surface area (Å²) in [5.74, 6) is 0.971. The number of carbonyl (C=O) groups is 1. The first-order valence-electron chi connectivity index (χ1n) is 10.4. The van der Waals surface area contributed by atoms with Crippen molar-refractivity contribution in [2.75, 3.05) is 58.9 Å². The van der Waals surface area contributed by atoms with Gasteiger partial charge in [0.2, 0.25) is 5.91 Å². The molecule has 2 aliphatic rings. The van der Waals surface area contributed by atoms with E-state index in [1.54, 1.807) is 0 Å². The number of carbonyl (C=O) groups excluding carboxylic acids is 1. The second kappa shape index (κ2) is 12.2. The van der Waals surface area contributed by atoms with Crippen LogP contribution in [0.5, 0.6) is 0 Å². The van der Waals surface area contributed by atoms with Crippen LogP contribution in [0.2, 0.25) is 0 Å². The Labute approximate surface area is 202 Å². The molecule has 0 unspecified atom stereocenters. The van der Waals surface area contributed by atoms with Crippen molar-refractivity contribution in [2.24, 2.45) is 4.99 Å². The third-order valence-corrected chi connectivity index (χ3v) is 6.16. The lowest BCUT2D eigenvalue weighted by atomic mass is 10.3. The molecular weight excluding hydrogens is 544 g/mol. The molecule has 0 atom stereocenters. The van der Waals surface area contributed by atoms with Crippen molar-refractivity contribution >= 4 is 47.2 Å². The molecule has 0 aromatic carbocycles. The molecule has 31 heavy (non-hydrogen) atoms. The molecule has 12 heteroatoms. The van der Waals surface area contributed by atoms with Crippen molar-refractivity contribution in [3.8, 4) is 0 Å². The number of nitrogens with zero attached hydrogens (tertiary/aromatic N) is 5. The molecule has 0 radical (unpaired) electrons. The predicted molar refractivity (Wildman–Crippen MR) is 126 cm³/mol. The molecule has 2 aliphatic heterocycles. The Morgan fingerprint density at radius 2 is 1.84 bits per heavy atom. The molecular formula is C19H30F3IN6OS. The highest BCUT2D eigenvalue weighted by Crippen LogP contribution is 2.30. The van der Waals surface area contributed by atoms with Crippen molar-refractivity contribution in [2.45, 2.75) is 32.4 Å². The van der Waals surface area contributed by atoms with Crippen molar-refractivity contribution in [3.05, 3.63) is 16.1 Å². The molecule has 1 N–H and O–H groups in total. The summed E-state index contributed by atoms with van der Waals surface area (Å²) in [7, 11) is 0. The minimum absolute atomic E-state index is 0. The number of thiazole rings is 1. The lowest BCUT2D eigenvalue weighted by Crippen LogP contribution is -2.54. The van der Waals surface area contributed by atoms with E-state index in [2.05, 4.69) is 25.1 Å². The Morgan fingerprint density at radius 1 is 1.16 bits per heavy atom. The number of amides is 1. The lowest BCUT2D eigenvalue weighted by Gasteiger charge is -2.36. The number of likely N-dealkylation sites (tertiary alicyclic amines) is 1. The van der Waals surface area contributed by atoms with E-state index in [0.29, 0.717) is 31.1 Å². The number of guanidine groups is 1. The average molecular weight is 574 g/mol. The number of aliphatic imine (C=N–C) groups is 1. The number of piperazine rings is 1. The van der Waals surface area contributed by atoms with E-state index in [1.807, 2.05) is 11.8 Å². The monoisotopic (exact) mass is 574 g/mol. The lowest BCUT2D eigenvalue weighted by molar-refractivity contribution is -0.140. The second-order valence-corrected chi connectivity index (χ2v) is 8.40. The Kier molecular flexibility index (Phi) is 10.3. The van der Waals surface area contributed by atoms with Crippen LogP contribution in [0, 0.1) is 0 Å². The quantitative estimate of drug-likeness (QED) is 0.322. The van der Waals surface area contributed by atoms with Crippen LogP contribution >= 0.6 is 35.3 Å². The van der Waals surface area contributed by atoms with Gasteiger partial charge in [-0.2, -0.15) is 13.2 Å². The topological polar surface area (TPSA) is 64.1 Å². The fraction of sp³-hybridized carbons (Fsp3) is 0.737. The van der Waals surface area contributed by atoms with Crippen LogP contribution in [0.3, 0.4) is 0 Å². The standard InChI is InChI=1S/C19H29F3N6OS.HI/c1-2-23-18(24-6-5-16-25-15(14-30-16)19(20,21)22)28-11-9-26(10-12-28)13-17(29)27-7-3-4-8-27;/h14H,2-13H2,1H3,(H,23,24);1H. The number of hydrogen-bond donors (Lipinski definition) is 1. The van der Waals surface area contributed by atoms with Crippen LogP contribution in [0.4, 0.5) is 13.2 Å². The highest BCUT2D eigenvalue weighted by Gasteiger charge is 2.33. The Balaban J connectivity index is 0.00000341. The van der Waals surface area contributed by atoms with E-state index in [4.69, 9.17) is 0 Å². The predicted octanol–water partition coefficient (Wildman–Crippen LogP) is 2.53. The summed E-state index contributed by atoms with van der Waals surface area (Å²) < 4.78 is 38.0. The number of hydrogen-bond acceptors (Lipinski definition) is 5. The average Bonchev–Trinajstić information content (AvgIpc) is 3.40. The van der Waals surface area contributed by atoms with Gasteiger partial charge in [-0.3, -0.25) is 14.7 Å². The number of halogens is 4. The Bertz CT molecular complexity index is 730. The normalized spacial score (nSPS) is 18.3. The van der Waals surface area contributed by atoms with Gasteiger partial charge in [-0.05, 0) is 19.8 Å². The van der Waals surface area contributed by atoms with Crippen LogP contribution in [0.15, 0.2) is 10.4 Å². The molecule has 176 valence electrons. The van der Waals surface area contributed by atoms with E-state index in [-0.39, 0.29) is 29.9 Å². The van der Waals surface area contributed by atoms with Crippen LogP contribution in [-0.2, 0) is 17.4 Å². The van der Waals surface area contributed by atoms with Gasteiger partial charge in [-0.15, -0.1) is 35.3 Å². The number of nitrogens with one attached hydrogen (secondary N) is 1. The first kappa shape index (κ1) is 26.1. The van der Waals surface area contributed by atoms with Gasteiger partial charge in [0.25, 0.3) is 0 Å². The van der Waals surface area contributed by atoms with Gasteiger partial charge < -0.3 is 15.1 Å². The zero-order valence-electron chi connectivity index (χ0n) is 17.7. The molecule has 0 spiro atoms. The van der Waals surface area contributed by atoms with Gasteiger partial charge in [0.1, 0.15) is 0 Å². The summed E-state index contributed by atoms with van der Waals surface area (Å²) in [4.78, 5) is 26.8. The first-order chi connectivity index (χ1) is 14.4. The smallest absolute Gasteiger partial charge is 0.357 e. The second-order valence-electron chi connectivity index (χ2n) is 7.46. The summed E-state index contributed by atoms with van der Waals surface area (Å²) in [5, 5.41) is 4.74. The third-order valence-electron chi connectivity index (χ3n) is 5.25. The Morgan fingerprint density at radius 3 is 2.42 bits per heavy atom. The number of alkyl halides is 3. The molecule has 0 saturated carbocycles. The molecule has 2 saturated heterocycles. The van der Waals surface area contributed by atoms with E-state index < -0.39 is 11.9 Å². The molecule has 3 rings (SSSR count). The van der Waals surface area contributed by atoms with Gasteiger partial charge in [0.15, 0.2) is 11.7 Å². The van der Waals surface area contributed by atoms with E-state index >= 15 is 0 Å². The molecule has 7 nitrogen and oxygen atoms in total. The first-order valence-corrected chi connectivity index (χ1v) is 11.3. The van der Waals surface area contributed by atoms with E-state index in [0.717, 1.165) is 74.8 Å². The molecule has 0 aliphatic carbocycles. The molecule has 0 bridgehead atoms. The van der Waals surface area contributed by atoms with Crippen molar-refractivity contribution in [3.63, 3.8) is 0 Å². The molecule has 1 aromatic rings. The maximum atomic E-state index is 12.7. The van der Waals surface area contributed by atoms with Gasteiger partial charge in [-0.1, -0.05) is 0 Å². The van der Waals surface area contributed by atoms with E-state index in [1.165, 1.54) is 0 Å². The molecule has 3 heterocycles. The Hall–Kier alpha value is -1.15. The largest absolute Gasteiger partial charge is 0.434 e. The molecule has 2 fully saturated rings. The van der Waals surface area contributed by atoms with E-state index in [9.17, 15) is 18.0 Å². The highest BCUT2D eigenvalue weighted by atomic mass is 127. The minimum atomic E-state index is -4.40. The highest BCUT2D eigenvalue weighted by molar-refractivity contribution is 14.0. The molecule has 1 amide bonds. The van der Waals surface area contributed by atoms with Crippen molar-refractivity contribution in [1.29, 1.82) is 0 Å². The number of rotatable bonds is 6. The summed E-state index contributed by atoms with van der Waals surface area (Å²) >= 11 is 1.02. The van der Waals surface area contributed by atoms with Crippen LogP contribution in [0.25, 0.3) is 0 Å². The summed E-state index contributed by atoms with van der Waals surface area (Å²) in [5.41, 5.74) is -0.835. The van der Waals surface area contributed by atoms with Crippen LogP contribution < -0.4 is 5.32 Å². The zero-order chi connectivity index (χ0) is 21.6. The fourth-order valence-corrected chi connectivity index (χ4v) is 4.41. The SMILES string of the molecule is CCNC(=NCCc1nc(C(F)(F)F)cs1)N1CCN(CC(=O)N2CCCC2)CC1.I. The fourth-order valence-electron chi connectivity index (χ4n) is 3.61. The summed E-state index contributed by atoms with van der Waals surface area (Å²) in [6, 6.07) is 0. The van der Waals surface area contributed by atoms with Crippen molar-refractivity contribution in [1.82, 2.24) is 25.0 Å². The summed E-state index contributed by atoms with van der Waals surface area (Å²) in [6.07, 6.45) is -1.83. The van der Waals surface area contributed by atoms with Crippen molar-refractivity contribution < 1.29 is 18.0 Å². The number of aromatic nitrogens is 1. The van der Waals surface area contributed by atoms with Gasteiger partial charge in [0.05, 0.1) is 11.6 Å².